The first-order valence-electron chi connectivity index (χ1n) is 9.24. The maximum Gasteiger partial charge on any atom is 0.335 e. The summed E-state index contributed by atoms with van der Waals surface area (Å²) < 4.78 is 0. The van der Waals surface area contributed by atoms with Crippen molar-refractivity contribution < 1.29 is 9.90 Å². The molecule has 0 bridgehead atoms. The highest BCUT2D eigenvalue weighted by Crippen LogP contribution is 2.43. The zero-order valence-electron chi connectivity index (χ0n) is 14.7. The van der Waals surface area contributed by atoms with Gasteiger partial charge < -0.3 is 10.0 Å². The molecule has 2 aromatic rings. The van der Waals surface area contributed by atoms with Gasteiger partial charge in [-0.1, -0.05) is 35.9 Å². The summed E-state index contributed by atoms with van der Waals surface area (Å²) in [4.78, 5) is 13.5. The fraction of sp³-hybridized carbons (Fsp3) is 0.409. The van der Waals surface area contributed by atoms with Crippen LogP contribution in [-0.4, -0.2) is 35.6 Å². The van der Waals surface area contributed by atoms with E-state index in [-0.39, 0.29) is 0 Å². The highest BCUT2D eigenvalue weighted by Gasteiger charge is 2.36. The summed E-state index contributed by atoms with van der Waals surface area (Å²) in [7, 11) is 0. The van der Waals surface area contributed by atoms with Gasteiger partial charge in [0.1, 0.15) is 0 Å². The van der Waals surface area contributed by atoms with Crippen molar-refractivity contribution in [3.8, 4) is 0 Å². The normalized spacial score (nSPS) is 22.4. The molecule has 130 valence electrons. The summed E-state index contributed by atoms with van der Waals surface area (Å²) in [5, 5.41) is 8.99. The molecule has 0 spiro atoms. The molecule has 3 heteroatoms. The number of hydrogen-bond donors (Lipinski definition) is 1. The van der Waals surface area contributed by atoms with E-state index < -0.39 is 5.97 Å². The van der Waals surface area contributed by atoms with Gasteiger partial charge in [-0.25, -0.2) is 4.79 Å². The minimum absolute atomic E-state index is 0.363. The highest BCUT2D eigenvalue weighted by atomic mass is 16.4. The predicted octanol–water partition coefficient (Wildman–Crippen LogP) is 3.90. The lowest BCUT2D eigenvalue weighted by molar-refractivity contribution is 0.0697. The van der Waals surface area contributed by atoms with Gasteiger partial charge in [0.25, 0.3) is 0 Å². The number of aromatic carboxylic acids is 1. The third-order valence-corrected chi connectivity index (χ3v) is 5.94. The van der Waals surface area contributed by atoms with E-state index >= 15 is 0 Å². The van der Waals surface area contributed by atoms with Gasteiger partial charge in [-0.05, 0) is 67.5 Å². The fourth-order valence-electron chi connectivity index (χ4n) is 4.52. The van der Waals surface area contributed by atoms with Gasteiger partial charge in [0, 0.05) is 19.0 Å². The molecule has 0 saturated carbocycles. The standard InChI is InChI=1S/C22H25NO2/c1-15-2-7-20-19(12-15)13-18-9-11-23(14-21(18)20)10-8-16-3-5-17(6-4-16)22(24)25/h2-7,12,18,21H,8-11,13-14H2,1H3,(H,24,25). The molecule has 25 heavy (non-hydrogen) atoms. The third-order valence-electron chi connectivity index (χ3n) is 5.94. The molecule has 2 aliphatic rings. The van der Waals surface area contributed by atoms with Crippen LogP contribution >= 0.6 is 0 Å². The van der Waals surface area contributed by atoms with Crippen LogP contribution in [0.25, 0.3) is 0 Å². The average molecular weight is 335 g/mol. The van der Waals surface area contributed by atoms with E-state index in [1.807, 2.05) is 12.1 Å². The number of nitrogens with zero attached hydrogens (tertiary/aromatic N) is 1. The van der Waals surface area contributed by atoms with Crippen molar-refractivity contribution in [1.29, 1.82) is 0 Å². The first kappa shape index (κ1) is 16.3. The Bertz CT molecular complexity index is 781. The smallest absolute Gasteiger partial charge is 0.335 e. The van der Waals surface area contributed by atoms with E-state index in [0.717, 1.165) is 25.4 Å². The summed E-state index contributed by atoms with van der Waals surface area (Å²) in [6.45, 7) is 5.58. The zero-order chi connectivity index (χ0) is 17.4. The molecule has 2 unspecified atom stereocenters. The number of rotatable bonds is 4. The van der Waals surface area contributed by atoms with Crippen LogP contribution in [0.3, 0.4) is 0 Å². The lowest BCUT2D eigenvalue weighted by Gasteiger charge is -2.35. The Morgan fingerprint density at radius 1 is 1.20 bits per heavy atom. The van der Waals surface area contributed by atoms with Crippen molar-refractivity contribution in [2.45, 2.75) is 32.1 Å². The van der Waals surface area contributed by atoms with Crippen LogP contribution in [0, 0.1) is 12.8 Å². The molecule has 2 aromatic carbocycles. The second-order valence-electron chi connectivity index (χ2n) is 7.61. The lowest BCUT2D eigenvalue weighted by Crippen LogP contribution is -2.38. The Balaban J connectivity index is 1.38. The maximum atomic E-state index is 10.9. The van der Waals surface area contributed by atoms with Gasteiger partial charge in [0.05, 0.1) is 5.56 Å². The summed E-state index contributed by atoms with van der Waals surface area (Å²) in [6, 6.07) is 14.3. The molecular weight excluding hydrogens is 310 g/mol. The number of carbonyl (C=O) groups is 1. The Kier molecular flexibility index (Phi) is 4.34. The number of hydrogen-bond acceptors (Lipinski definition) is 2. The Labute approximate surface area is 149 Å². The number of piperidine rings is 1. The number of benzene rings is 2. The molecule has 1 saturated heterocycles. The lowest BCUT2D eigenvalue weighted by atomic mass is 9.86. The van der Waals surface area contributed by atoms with Crippen LogP contribution in [0.1, 0.15) is 45.0 Å². The second kappa shape index (κ2) is 6.64. The molecule has 0 aromatic heterocycles. The van der Waals surface area contributed by atoms with Gasteiger partial charge in [0.2, 0.25) is 0 Å². The average Bonchev–Trinajstić information content (AvgIpc) is 2.97. The summed E-state index contributed by atoms with van der Waals surface area (Å²) in [5.41, 5.74) is 6.10. The van der Waals surface area contributed by atoms with Crippen molar-refractivity contribution in [1.82, 2.24) is 4.90 Å². The fourth-order valence-corrected chi connectivity index (χ4v) is 4.52. The van der Waals surface area contributed by atoms with Crippen LogP contribution < -0.4 is 0 Å². The monoisotopic (exact) mass is 335 g/mol. The van der Waals surface area contributed by atoms with Gasteiger partial charge in [-0.3, -0.25) is 0 Å². The van der Waals surface area contributed by atoms with E-state index in [9.17, 15) is 4.79 Å². The third kappa shape index (κ3) is 3.34. The Morgan fingerprint density at radius 3 is 2.76 bits per heavy atom. The largest absolute Gasteiger partial charge is 0.478 e. The predicted molar refractivity (Wildman–Crippen MR) is 99.3 cm³/mol. The minimum Gasteiger partial charge on any atom is -0.478 e. The van der Waals surface area contributed by atoms with Crippen LogP contribution in [0.2, 0.25) is 0 Å². The van der Waals surface area contributed by atoms with E-state index in [1.165, 1.54) is 30.5 Å². The minimum atomic E-state index is -0.858. The van der Waals surface area contributed by atoms with E-state index in [0.29, 0.717) is 11.5 Å². The quantitative estimate of drug-likeness (QED) is 0.921. The first-order chi connectivity index (χ1) is 12.1. The molecule has 4 rings (SSSR count). The summed E-state index contributed by atoms with van der Waals surface area (Å²) >= 11 is 0. The van der Waals surface area contributed by atoms with Crippen molar-refractivity contribution >= 4 is 5.97 Å². The maximum absolute atomic E-state index is 10.9. The number of likely N-dealkylation sites (tertiary alicyclic amines) is 1. The van der Waals surface area contributed by atoms with Crippen molar-refractivity contribution in [3.63, 3.8) is 0 Å². The molecule has 0 amide bonds. The zero-order valence-corrected chi connectivity index (χ0v) is 14.7. The number of carboxylic acids is 1. The highest BCUT2D eigenvalue weighted by molar-refractivity contribution is 5.87. The molecule has 1 N–H and O–H groups in total. The SMILES string of the molecule is Cc1ccc2c(c1)CC1CCN(CCc3ccc(C(=O)O)cc3)CC21. The van der Waals surface area contributed by atoms with Crippen molar-refractivity contribution in [2.75, 3.05) is 19.6 Å². The molecule has 1 aliphatic heterocycles. The number of aryl methyl sites for hydroxylation is 1. The van der Waals surface area contributed by atoms with E-state index in [2.05, 4.69) is 30.0 Å². The van der Waals surface area contributed by atoms with Crippen LogP contribution in [0.4, 0.5) is 0 Å². The topological polar surface area (TPSA) is 40.5 Å². The van der Waals surface area contributed by atoms with Crippen LogP contribution in [0.15, 0.2) is 42.5 Å². The molecular formula is C22H25NO2. The van der Waals surface area contributed by atoms with E-state index in [4.69, 9.17) is 5.11 Å². The molecule has 0 radical (unpaired) electrons. The molecule has 3 nitrogen and oxygen atoms in total. The van der Waals surface area contributed by atoms with Gasteiger partial charge in [-0.15, -0.1) is 0 Å². The summed E-state index contributed by atoms with van der Waals surface area (Å²) in [6.07, 6.45) is 3.53. The second-order valence-corrected chi connectivity index (χ2v) is 7.61. The van der Waals surface area contributed by atoms with Crippen molar-refractivity contribution in [2.24, 2.45) is 5.92 Å². The number of carboxylic acid groups (broad SMARTS) is 1. The van der Waals surface area contributed by atoms with Gasteiger partial charge in [-0.2, -0.15) is 0 Å². The molecule has 1 heterocycles. The Morgan fingerprint density at radius 2 is 2.00 bits per heavy atom. The van der Waals surface area contributed by atoms with Crippen LogP contribution in [0.5, 0.6) is 0 Å². The van der Waals surface area contributed by atoms with Gasteiger partial charge >= 0.3 is 5.97 Å². The molecule has 2 atom stereocenters. The van der Waals surface area contributed by atoms with Gasteiger partial charge in [0.15, 0.2) is 0 Å². The first-order valence-corrected chi connectivity index (χ1v) is 9.24. The van der Waals surface area contributed by atoms with E-state index in [1.54, 1.807) is 23.3 Å². The van der Waals surface area contributed by atoms with Crippen molar-refractivity contribution in [3.05, 3.63) is 70.3 Å². The summed E-state index contributed by atoms with van der Waals surface area (Å²) in [5.74, 6) is 0.658. The van der Waals surface area contributed by atoms with Crippen LogP contribution in [-0.2, 0) is 12.8 Å². The number of fused-ring (bicyclic) bond motifs is 3. The molecule has 1 fully saturated rings. The molecule has 1 aliphatic carbocycles. The Hall–Kier alpha value is -2.13.